The Labute approximate surface area is 118 Å². The van der Waals surface area contributed by atoms with Gasteiger partial charge in [0.05, 0.1) is 23.2 Å². The van der Waals surface area contributed by atoms with Crippen molar-refractivity contribution < 1.29 is 4.74 Å². The van der Waals surface area contributed by atoms with Gasteiger partial charge < -0.3 is 9.64 Å². The number of alkyl halides is 1. The third-order valence-corrected chi connectivity index (χ3v) is 3.64. The Hall–Kier alpha value is -0.510. The maximum atomic E-state index is 5.98. The number of halogens is 2. The van der Waals surface area contributed by atoms with E-state index in [0.29, 0.717) is 10.9 Å². The van der Waals surface area contributed by atoms with Crippen molar-refractivity contribution in [1.82, 2.24) is 4.98 Å². The third-order valence-electron chi connectivity index (χ3n) is 3.04. The molecule has 3 nitrogen and oxygen atoms in total. The molecule has 5 heteroatoms. The topological polar surface area (TPSA) is 25.4 Å². The zero-order chi connectivity index (χ0) is 13.0. The number of aromatic nitrogens is 1. The highest BCUT2D eigenvalue weighted by Gasteiger charge is 2.21. The van der Waals surface area contributed by atoms with E-state index in [4.69, 9.17) is 27.9 Å². The summed E-state index contributed by atoms with van der Waals surface area (Å²) in [6.45, 7) is 2.45. The van der Waals surface area contributed by atoms with Gasteiger partial charge in [-0.3, -0.25) is 0 Å². The quantitative estimate of drug-likeness (QED) is 0.568. The van der Waals surface area contributed by atoms with E-state index in [0.717, 1.165) is 37.2 Å². The molecule has 0 spiro atoms. The molecule has 100 valence electrons. The van der Waals surface area contributed by atoms with Crippen LogP contribution in [-0.2, 0) is 10.6 Å². The Bertz CT molecular complexity index is 397. The molecule has 18 heavy (non-hydrogen) atoms. The van der Waals surface area contributed by atoms with Crippen LogP contribution >= 0.6 is 23.2 Å². The Morgan fingerprint density at radius 1 is 1.44 bits per heavy atom. The molecule has 1 aliphatic rings. The molecule has 1 aromatic heterocycles. The lowest BCUT2D eigenvalue weighted by molar-refractivity contribution is 0.131. The molecular formula is C13H18Cl2N2O. The average molecular weight is 289 g/mol. The van der Waals surface area contributed by atoms with Crippen molar-refractivity contribution >= 4 is 29.0 Å². The molecule has 0 atom stereocenters. The summed E-state index contributed by atoms with van der Waals surface area (Å²) in [6, 6.07) is 3.74. The Kier molecular flexibility index (Phi) is 5.10. The second kappa shape index (κ2) is 6.60. The fourth-order valence-corrected chi connectivity index (χ4v) is 2.07. The first-order valence-electron chi connectivity index (χ1n) is 6.21. The van der Waals surface area contributed by atoms with Crippen LogP contribution in [0.5, 0.6) is 0 Å². The first kappa shape index (κ1) is 13.9. The molecule has 1 fully saturated rings. The van der Waals surface area contributed by atoms with Crippen LogP contribution in [0.3, 0.4) is 0 Å². The van der Waals surface area contributed by atoms with Crippen LogP contribution in [0.15, 0.2) is 12.1 Å². The number of rotatable bonds is 7. The molecule has 0 radical (unpaired) electrons. The summed E-state index contributed by atoms with van der Waals surface area (Å²) in [6.07, 6.45) is 2.65. The molecule has 0 N–H and O–H groups in total. The van der Waals surface area contributed by atoms with E-state index < -0.39 is 0 Å². The van der Waals surface area contributed by atoms with Crippen molar-refractivity contribution in [3.05, 3.63) is 22.8 Å². The maximum Gasteiger partial charge on any atom is 0.128 e. The average Bonchev–Trinajstić information content (AvgIpc) is 3.19. The van der Waals surface area contributed by atoms with Crippen molar-refractivity contribution in [1.29, 1.82) is 0 Å². The highest BCUT2D eigenvalue weighted by molar-refractivity contribution is 6.32. The first-order chi connectivity index (χ1) is 8.70. The molecule has 0 saturated heterocycles. The van der Waals surface area contributed by atoms with Crippen LogP contribution in [-0.4, -0.2) is 31.8 Å². The van der Waals surface area contributed by atoms with Crippen LogP contribution in [0.2, 0.25) is 5.02 Å². The number of anilines is 1. The van der Waals surface area contributed by atoms with Gasteiger partial charge in [-0.1, -0.05) is 11.6 Å². The van der Waals surface area contributed by atoms with E-state index in [1.807, 2.05) is 19.2 Å². The lowest BCUT2D eigenvalue weighted by Crippen LogP contribution is -2.24. The second-order valence-corrected chi connectivity index (χ2v) is 5.35. The normalized spacial score (nSPS) is 14.8. The van der Waals surface area contributed by atoms with Crippen molar-refractivity contribution in [2.75, 3.05) is 31.7 Å². The highest BCUT2D eigenvalue weighted by atomic mass is 35.5. The summed E-state index contributed by atoms with van der Waals surface area (Å²) in [5, 5.41) is 0.618. The zero-order valence-corrected chi connectivity index (χ0v) is 12.0. The van der Waals surface area contributed by atoms with Crippen LogP contribution < -0.4 is 4.90 Å². The Morgan fingerprint density at radius 2 is 2.22 bits per heavy atom. The molecule has 1 aromatic rings. The largest absolute Gasteiger partial charge is 0.379 e. The van der Waals surface area contributed by atoms with Gasteiger partial charge in [0.25, 0.3) is 0 Å². The lowest BCUT2D eigenvalue weighted by atomic mass is 10.3. The van der Waals surface area contributed by atoms with Crippen molar-refractivity contribution in [3.63, 3.8) is 0 Å². The number of nitrogens with zero attached hydrogens (tertiary/aromatic N) is 2. The van der Waals surface area contributed by atoms with Gasteiger partial charge in [-0.2, -0.15) is 0 Å². The molecule has 1 heterocycles. The Morgan fingerprint density at radius 3 is 2.89 bits per heavy atom. The fraction of sp³-hybridized carbons (Fsp3) is 0.615. The SMILES string of the molecule is CN(CCOCC1CC1)c1ccc(Cl)c(CCl)n1. The summed E-state index contributed by atoms with van der Waals surface area (Å²) in [4.78, 5) is 6.48. The molecular weight excluding hydrogens is 271 g/mol. The smallest absolute Gasteiger partial charge is 0.128 e. The van der Waals surface area contributed by atoms with E-state index >= 15 is 0 Å². The Balaban J connectivity index is 1.81. The molecule has 0 aliphatic heterocycles. The number of ether oxygens (including phenoxy) is 1. The predicted octanol–water partition coefficient (Wildman–Crippen LogP) is 3.34. The number of pyridine rings is 1. The van der Waals surface area contributed by atoms with E-state index in [9.17, 15) is 0 Å². The van der Waals surface area contributed by atoms with Gasteiger partial charge in [-0.05, 0) is 30.9 Å². The van der Waals surface area contributed by atoms with Crippen LogP contribution in [0.4, 0.5) is 5.82 Å². The zero-order valence-electron chi connectivity index (χ0n) is 10.5. The van der Waals surface area contributed by atoms with Gasteiger partial charge in [0.1, 0.15) is 5.82 Å². The summed E-state index contributed by atoms with van der Waals surface area (Å²) >= 11 is 11.8. The highest BCUT2D eigenvalue weighted by Crippen LogP contribution is 2.28. The monoisotopic (exact) mass is 288 g/mol. The molecule has 0 aromatic carbocycles. The minimum atomic E-state index is 0.332. The standard InChI is InChI=1S/C13H18Cl2N2O/c1-17(6-7-18-9-10-2-3-10)13-5-4-11(15)12(8-14)16-13/h4-5,10H,2-3,6-9H2,1H3. The van der Waals surface area contributed by atoms with Crippen LogP contribution in [0.25, 0.3) is 0 Å². The maximum absolute atomic E-state index is 5.98. The van der Waals surface area contributed by atoms with E-state index in [-0.39, 0.29) is 0 Å². The predicted molar refractivity (Wildman–Crippen MR) is 75.6 cm³/mol. The van der Waals surface area contributed by atoms with Crippen LogP contribution in [0.1, 0.15) is 18.5 Å². The van der Waals surface area contributed by atoms with Gasteiger partial charge >= 0.3 is 0 Å². The molecule has 1 aliphatic carbocycles. The van der Waals surface area contributed by atoms with Crippen molar-refractivity contribution in [2.24, 2.45) is 5.92 Å². The minimum Gasteiger partial charge on any atom is -0.379 e. The minimum absolute atomic E-state index is 0.332. The van der Waals surface area contributed by atoms with E-state index in [1.165, 1.54) is 12.8 Å². The summed E-state index contributed by atoms with van der Waals surface area (Å²) in [5.41, 5.74) is 0.724. The fourth-order valence-electron chi connectivity index (χ4n) is 1.63. The van der Waals surface area contributed by atoms with E-state index in [1.54, 1.807) is 0 Å². The van der Waals surface area contributed by atoms with Crippen molar-refractivity contribution in [2.45, 2.75) is 18.7 Å². The van der Waals surface area contributed by atoms with Gasteiger partial charge in [-0.25, -0.2) is 4.98 Å². The summed E-state index contributed by atoms with van der Waals surface area (Å²) in [5.74, 6) is 2.02. The van der Waals surface area contributed by atoms with E-state index in [2.05, 4.69) is 9.88 Å². The van der Waals surface area contributed by atoms with Crippen LogP contribution in [0, 0.1) is 5.92 Å². The number of hydrogen-bond acceptors (Lipinski definition) is 3. The molecule has 0 amide bonds. The van der Waals surface area contributed by atoms with Crippen molar-refractivity contribution in [3.8, 4) is 0 Å². The second-order valence-electron chi connectivity index (χ2n) is 4.67. The first-order valence-corrected chi connectivity index (χ1v) is 7.12. The molecule has 0 unspecified atom stereocenters. The number of hydrogen-bond donors (Lipinski definition) is 0. The molecule has 0 bridgehead atoms. The van der Waals surface area contributed by atoms with Gasteiger partial charge in [-0.15, -0.1) is 11.6 Å². The number of likely N-dealkylation sites (N-methyl/N-ethyl adjacent to an activating group) is 1. The van der Waals surface area contributed by atoms with Gasteiger partial charge in [0, 0.05) is 20.2 Å². The molecule has 2 rings (SSSR count). The third kappa shape index (κ3) is 4.01. The van der Waals surface area contributed by atoms with Gasteiger partial charge in [0.2, 0.25) is 0 Å². The summed E-state index contributed by atoms with van der Waals surface area (Å²) < 4.78 is 5.61. The lowest BCUT2D eigenvalue weighted by Gasteiger charge is -2.19. The van der Waals surface area contributed by atoms with Gasteiger partial charge in [0.15, 0.2) is 0 Å². The molecule has 1 saturated carbocycles. The summed E-state index contributed by atoms with van der Waals surface area (Å²) in [7, 11) is 1.99.